The lowest BCUT2D eigenvalue weighted by Crippen LogP contribution is -2.39. The Bertz CT molecular complexity index is 1020. The molecule has 3 amide bonds. The van der Waals surface area contributed by atoms with E-state index >= 15 is 0 Å². The molecule has 4 rings (SSSR count). The van der Waals surface area contributed by atoms with Gasteiger partial charge in [-0.25, -0.2) is 9.97 Å². The predicted octanol–water partition coefficient (Wildman–Crippen LogP) is 2.03. The van der Waals surface area contributed by atoms with Crippen LogP contribution in [0.3, 0.4) is 0 Å². The number of benzene rings is 1. The van der Waals surface area contributed by atoms with Crippen LogP contribution >= 0.6 is 0 Å². The topological polar surface area (TPSA) is 109 Å². The fourth-order valence-electron chi connectivity index (χ4n) is 4.37. The molecule has 162 valence electrons. The zero-order chi connectivity index (χ0) is 22.0. The highest BCUT2D eigenvalue weighted by atomic mass is 16.2. The Kier molecular flexibility index (Phi) is 5.97. The molecule has 8 nitrogen and oxygen atoms in total. The number of aryl methyl sites for hydroxylation is 1. The summed E-state index contributed by atoms with van der Waals surface area (Å²) in [5.41, 5.74) is 7.83. The maximum Gasteiger partial charge on any atom is 0.253 e. The van der Waals surface area contributed by atoms with Crippen molar-refractivity contribution in [1.29, 1.82) is 0 Å². The minimum atomic E-state index is -0.542. The van der Waals surface area contributed by atoms with E-state index in [1.807, 2.05) is 34.1 Å². The molecule has 2 saturated heterocycles. The quantitative estimate of drug-likeness (QED) is 0.794. The van der Waals surface area contributed by atoms with E-state index in [0.29, 0.717) is 48.7 Å². The molecule has 1 aromatic carbocycles. The van der Waals surface area contributed by atoms with Crippen molar-refractivity contribution in [3.63, 3.8) is 0 Å². The molecule has 3 heterocycles. The van der Waals surface area contributed by atoms with Crippen molar-refractivity contribution in [3.8, 4) is 0 Å². The second kappa shape index (κ2) is 8.83. The summed E-state index contributed by atoms with van der Waals surface area (Å²) < 4.78 is 0. The van der Waals surface area contributed by atoms with Gasteiger partial charge in [0.25, 0.3) is 11.8 Å². The third kappa shape index (κ3) is 4.57. The first-order chi connectivity index (χ1) is 14.9. The van der Waals surface area contributed by atoms with Crippen molar-refractivity contribution >= 4 is 17.7 Å². The van der Waals surface area contributed by atoms with Crippen molar-refractivity contribution < 1.29 is 14.4 Å². The molecule has 0 unspecified atom stereocenters. The number of rotatable bonds is 5. The van der Waals surface area contributed by atoms with Crippen molar-refractivity contribution in [2.45, 2.75) is 45.1 Å². The molecule has 0 spiro atoms. The maximum absolute atomic E-state index is 13.2. The summed E-state index contributed by atoms with van der Waals surface area (Å²) >= 11 is 0. The van der Waals surface area contributed by atoms with E-state index < -0.39 is 5.91 Å². The highest BCUT2D eigenvalue weighted by Crippen LogP contribution is 2.26. The molecule has 1 aromatic heterocycles. The minimum Gasteiger partial charge on any atom is -0.365 e. The highest BCUT2D eigenvalue weighted by Gasteiger charge is 2.28. The van der Waals surface area contributed by atoms with Gasteiger partial charge < -0.3 is 15.5 Å². The first-order valence-corrected chi connectivity index (χ1v) is 10.7. The maximum atomic E-state index is 13.2. The number of nitrogens with zero attached hydrogens (tertiary/aromatic N) is 4. The van der Waals surface area contributed by atoms with Crippen molar-refractivity contribution in [1.82, 2.24) is 19.8 Å². The van der Waals surface area contributed by atoms with E-state index in [2.05, 4.69) is 9.97 Å². The Morgan fingerprint density at radius 2 is 2.06 bits per heavy atom. The largest absolute Gasteiger partial charge is 0.365 e. The first kappa shape index (κ1) is 21.0. The van der Waals surface area contributed by atoms with E-state index in [1.165, 1.54) is 6.20 Å². The highest BCUT2D eigenvalue weighted by molar-refractivity contribution is 5.94. The number of carbonyl (C=O) groups excluding carboxylic acids is 3. The molecular weight excluding hydrogens is 394 g/mol. The van der Waals surface area contributed by atoms with Gasteiger partial charge in [-0.15, -0.1) is 0 Å². The summed E-state index contributed by atoms with van der Waals surface area (Å²) in [5, 5.41) is 0. The third-order valence-electron chi connectivity index (χ3n) is 6.06. The number of piperidine rings is 1. The van der Waals surface area contributed by atoms with Gasteiger partial charge in [-0.3, -0.25) is 14.4 Å². The fraction of sp³-hybridized carbons (Fsp3) is 0.435. The number of aromatic nitrogens is 2. The van der Waals surface area contributed by atoms with Crippen molar-refractivity contribution in [3.05, 3.63) is 58.7 Å². The second-order valence-corrected chi connectivity index (χ2v) is 8.30. The van der Waals surface area contributed by atoms with Crippen LogP contribution in [0.1, 0.15) is 69.4 Å². The Morgan fingerprint density at radius 1 is 1.23 bits per heavy atom. The van der Waals surface area contributed by atoms with Gasteiger partial charge in [-0.2, -0.15) is 0 Å². The smallest absolute Gasteiger partial charge is 0.253 e. The normalized spacial score (nSPS) is 19.0. The zero-order valence-electron chi connectivity index (χ0n) is 17.7. The van der Waals surface area contributed by atoms with Gasteiger partial charge in [0.05, 0.1) is 11.3 Å². The molecule has 2 aliphatic rings. The van der Waals surface area contributed by atoms with Crippen LogP contribution in [-0.4, -0.2) is 57.1 Å². The Hall–Kier alpha value is -3.29. The van der Waals surface area contributed by atoms with Crippen LogP contribution < -0.4 is 5.73 Å². The van der Waals surface area contributed by atoms with E-state index in [9.17, 15) is 14.4 Å². The van der Waals surface area contributed by atoms with Crippen LogP contribution in [0.4, 0.5) is 0 Å². The average Bonchev–Trinajstić information content (AvgIpc) is 3.17. The van der Waals surface area contributed by atoms with Crippen LogP contribution in [0, 0.1) is 6.92 Å². The molecule has 2 fully saturated rings. The number of primary amides is 1. The molecule has 0 saturated carbocycles. The number of hydrogen-bond donors (Lipinski definition) is 1. The van der Waals surface area contributed by atoms with Crippen LogP contribution in [0.25, 0.3) is 0 Å². The van der Waals surface area contributed by atoms with E-state index in [1.54, 1.807) is 6.92 Å². The third-order valence-corrected chi connectivity index (χ3v) is 6.06. The SMILES string of the molecule is Cc1nc([C@H]2CCCN(C(=O)c3cccc(CN4CCCC4=O)c3)C2)ncc1C(N)=O. The second-order valence-electron chi connectivity index (χ2n) is 8.30. The predicted molar refractivity (Wildman–Crippen MR) is 114 cm³/mol. The molecule has 2 N–H and O–H groups in total. The van der Waals surface area contributed by atoms with Crippen molar-refractivity contribution in [2.75, 3.05) is 19.6 Å². The lowest BCUT2D eigenvalue weighted by molar-refractivity contribution is -0.128. The molecule has 31 heavy (non-hydrogen) atoms. The van der Waals surface area contributed by atoms with Gasteiger partial charge in [-0.1, -0.05) is 12.1 Å². The summed E-state index contributed by atoms with van der Waals surface area (Å²) in [5.74, 6) is 0.267. The van der Waals surface area contributed by atoms with Gasteiger partial charge in [0, 0.05) is 50.3 Å². The number of likely N-dealkylation sites (tertiary alicyclic amines) is 2. The standard InChI is InChI=1S/C23H27N5O3/c1-15-19(21(24)30)12-25-22(26-15)18-7-3-10-28(14-18)23(31)17-6-2-5-16(11-17)13-27-9-4-8-20(27)29/h2,5-6,11-12,18H,3-4,7-10,13-14H2,1H3,(H2,24,30)/t18-/m0/s1. The minimum absolute atomic E-state index is 0.0173. The van der Waals surface area contributed by atoms with E-state index in [4.69, 9.17) is 5.73 Å². The molecule has 1 atom stereocenters. The fourth-order valence-corrected chi connectivity index (χ4v) is 4.37. The monoisotopic (exact) mass is 421 g/mol. The molecule has 8 heteroatoms. The Balaban J connectivity index is 1.46. The van der Waals surface area contributed by atoms with Crippen LogP contribution in [0.5, 0.6) is 0 Å². The summed E-state index contributed by atoms with van der Waals surface area (Å²) in [6.07, 6.45) is 4.73. The number of nitrogens with two attached hydrogens (primary N) is 1. The molecule has 0 radical (unpaired) electrons. The molecule has 2 aromatic rings. The Labute approximate surface area is 181 Å². The van der Waals surface area contributed by atoms with E-state index in [-0.39, 0.29) is 17.7 Å². The van der Waals surface area contributed by atoms with Crippen LogP contribution in [0.2, 0.25) is 0 Å². The lowest BCUT2D eigenvalue weighted by atomic mass is 9.96. The van der Waals surface area contributed by atoms with Crippen LogP contribution in [-0.2, 0) is 11.3 Å². The molecular formula is C23H27N5O3. The van der Waals surface area contributed by atoms with Gasteiger partial charge >= 0.3 is 0 Å². The van der Waals surface area contributed by atoms with Gasteiger partial charge in [0.15, 0.2) is 0 Å². The molecule has 0 bridgehead atoms. The summed E-state index contributed by atoms with van der Waals surface area (Å²) in [4.78, 5) is 49.0. The van der Waals surface area contributed by atoms with Crippen molar-refractivity contribution in [2.24, 2.45) is 5.73 Å². The summed E-state index contributed by atoms with van der Waals surface area (Å²) in [6, 6.07) is 7.54. The Morgan fingerprint density at radius 3 is 2.77 bits per heavy atom. The van der Waals surface area contributed by atoms with Crippen LogP contribution in [0.15, 0.2) is 30.5 Å². The first-order valence-electron chi connectivity index (χ1n) is 10.7. The number of carbonyl (C=O) groups is 3. The average molecular weight is 422 g/mol. The lowest BCUT2D eigenvalue weighted by Gasteiger charge is -2.32. The number of amides is 3. The molecule has 0 aliphatic carbocycles. The summed E-state index contributed by atoms with van der Waals surface area (Å²) in [6.45, 7) is 4.28. The summed E-state index contributed by atoms with van der Waals surface area (Å²) in [7, 11) is 0. The van der Waals surface area contributed by atoms with Gasteiger partial charge in [0.2, 0.25) is 5.91 Å². The molecule has 2 aliphatic heterocycles. The van der Waals surface area contributed by atoms with Gasteiger partial charge in [0.1, 0.15) is 5.82 Å². The zero-order valence-corrected chi connectivity index (χ0v) is 17.7. The van der Waals surface area contributed by atoms with Gasteiger partial charge in [-0.05, 0) is 43.9 Å². The van der Waals surface area contributed by atoms with E-state index in [0.717, 1.165) is 31.4 Å². The number of hydrogen-bond acceptors (Lipinski definition) is 5.